The highest BCUT2D eigenvalue weighted by molar-refractivity contribution is 7.89. The van der Waals surface area contributed by atoms with Gasteiger partial charge < -0.3 is 10.5 Å². The second-order valence-corrected chi connectivity index (χ2v) is 6.48. The van der Waals surface area contributed by atoms with E-state index < -0.39 is 15.9 Å². The number of carbonyl (C=O) groups excluding carboxylic acids is 1. The van der Waals surface area contributed by atoms with Crippen LogP contribution in [0.5, 0.6) is 5.75 Å². The molecule has 7 heteroatoms. The van der Waals surface area contributed by atoms with E-state index in [0.717, 1.165) is 12.8 Å². The zero-order valence-corrected chi connectivity index (χ0v) is 12.1. The molecule has 2 rings (SSSR count). The molecule has 110 valence electrons. The second kappa shape index (κ2) is 5.80. The van der Waals surface area contributed by atoms with E-state index >= 15 is 0 Å². The van der Waals surface area contributed by atoms with Crippen molar-refractivity contribution in [3.05, 3.63) is 23.8 Å². The summed E-state index contributed by atoms with van der Waals surface area (Å²) in [5, 5.41) is 0. The molecule has 6 nitrogen and oxygen atoms in total. The Labute approximate surface area is 118 Å². The zero-order chi connectivity index (χ0) is 14.8. The SMILES string of the molecule is CCOc1ccc(C(N)=O)cc1S(=O)(=O)N1CCCC1. The number of primary amides is 1. The zero-order valence-electron chi connectivity index (χ0n) is 11.3. The van der Waals surface area contributed by atoms with E-state index in [1.54, 1.807) is 6.92 Å². The molecule has 1 aliphatic rings. The van der Waals surface area contributed by atoms with Crippen molar-refractivity contribution in [3.63, 3.8) is 0 Å². The van der Waals surface area contributed by atoms with E-state index in [1.165, 1.54) is 22.5 Å². The predicted molar refractivity (Wildman–Crippen MR) is 74.1 cm³/mol. The van der Waals surface area contributed by atoms with Crippen LogP contribution in [-0.4, -0.2) is 38.3 Å². The van der Waals surface area contributed by atoms with Crippen molar-refractivity contribution >= 4 is 15.9 Å². The Morgan fingerprint density at radius 3 is 2.55 bits per heavy atom. The summed E-state index contributed by atoms with van der Waals surface area (Å²) in [5.74, 6) is -0.407. The topological polar surface area (TPSA) is 89.7 Å². The Bertz CT molecular complexity index is 607. The fourth-order valence-electron chi connectivity index (χ4n) is 2.21. The number of hydrogen-bond donors (Lipinski definition) is 1. The maximum atomic E-state index is 12.6. The van der Waals surface area contributed by atoms with Crippen molar-refractivity contribution in [3.8, 4) is 5.75 Å². The maximum Gasteiger partial charge on any atom is 0.248 e. The molecule has 0 bridgehead atoms. The van der Waals surface area contributed by atoms with Gasteiger partial charge in [0, 0.05) is 18.7 Å². The lowest BCUT2D eigenvalue weighted by atomic mass is 10.2. The first-order chi connectivity index (χ1) is 9.46. The van der Waals surface area contributed by atoms with Gasteiger partial charge in [-0.3, -0.25) is 4.79 Å². The Balaban J connectivity index is 2.51. The molecule has 0 unspecified atom stereocenters. The van der Waals surface area contributed by atoms with Crippen molar-refractivity contribution in [2.75, 3.05) is 19.7 Å². The smallest absolute Gasteiger partial charge is 0.248 e. The third-order valence-corrected chi connectivity index (χ3v) is 5.13. The average Bonchev–Trinajstić information content (AvgIpc) is 2.93. The minimum atomic E-state index is -3.65. The lowest BCUT2D eigenvalue weighted by Crippen LogP contribution is -2.28. The number of amides is 1. The number of rotatable bonds is 5. The van der Waals surface area contributed by atoms with Crippen LogP contribution < -0.4 is 10.5 Å². The molecule has 0 radical (unpaired) electrons. The van der Waals surface area contributed by atoms with Crippen molar-refractivity contribution in [2.45, 2.75) is 24.7 Å². The summed E-state index contributed by atoms with van der Waals surface area (Å²) in [6.07, 6.45) is 1.69. The molecule has 2 N–H and O–H groups in total. The predicted octanol–water partition coefficient (Wildman–Crippen LogP) is 0.969. The Kier molecular flexibility index (Phi) is 4.29. The quantitative estimate of drug-likeness (QED) is 0.877. The van der Waals surface area contributed by atoms with E-state index in [9.17, 15) is 13.2 Å². The van der Waals surface area contributed by atoms with Crippen LogP contribution in [0.4, 0.5) is 0 Å². The number of nitrogens with zero attached hydrogens (tertiary/aromatic N) is 1. The van der Waals surface area contributed by atoms with Crippen LogP contribution in [-0.2, 0) is 10.0 Å². The fourth-order valence-corrected chi connectivity index (χ4v) is 3.88. The van der Waals surface area contributed by atoms with Gasteiger partial charge >= 0.3 is 0 Å². The summed E-state index contributed by atoms with van der Waals surface area (Å²) in [5.41, 5.74) is 5.37. The average molecular weight is 298 g/mol. The van der Waals surface area contributed by atoms with Gasteiger partial charge in [-0.05, 0) is 38.0 Å². The van der Waals surface area contributed by atoms with E-state index in [4.69, 9.17) is 10.5 Å². The Hall–Kier alpha value is -1.60. The highest BCUT2D eigenvalue weighted by atomic mass is 32.2. The molecular weight excluding hydrogens is 280 g/mol. The Morgan fingerprint density at radius 2 is 2.00 bits per heavy atom. The van der Waals surface area contributed by atoms with Crippen LogP contribution in [0, 0.1) is 0 Å². The number of benzene rings is 1. The van der Waals surface area contributed by atoms with Crippen LogP contribution in [0.25, 0.3) is 0 Å². The van der Waals surface area contributed by atoms with Crippen LogP contribution in [0.3, 0.4) is 0 Å². The van der Waals surface area contributed by atoms with E-state index in [2.05, 4.69) is 0 Å². The molecule has 20 heavy (non-hydrogen) atoms. The normalized spacial score (nSPS) is 16.2. The summed E-state index contributed by atoms with van der Waals surface area (Å²) in [6.45, 7) is 3.11. The lowest BCUT2D eigenvalue weighted by molar-refractivity contribution is 0.1000. The first-order valence-corrected chi connectivity index (χ1v) is 7.97. The molecule has 0 aliphatic carbocycles. The summed E-state index contributed by atoms with van der Waals surface area (Å²) < 4.78 is 32.0. The molecule has 1 aromatic rings. The highest BCUT2D eigenvalue weighted by Crippen LogP contribution is 2.30. The number of nitrogens with two attached hydrogens (primary N) is 1. The van der Waals surface area contributed by atoms with Gasteiger partial charge in [0.2, 0.25) is 15.9 Å². The molecule has 1 heterocycles. The summed E-state index contributed by atoms with van der Waals surface area (Å²) in [4.78, 5) is 11.3. The van der Waals surface area contributed by atoms with Gasteiger partial charge in [-0.25, -0.2) is 8.42 Å². The third-order valence-electron chi connectivity index (χ3n) is 3.21. The molecule has 0 atom stereocenters. The lowest BCUT2D eigenvalue weighted by Gasteiger charge is -2.18. The third kappa shape index (κ3) is 2.78. The van der Waals surface area contributed by atoms with Crippen molar-refractivity contribution in [1.82, 2.24) is 4.31 Å². The van der Waals surface area contributed by atoms with E-state index in [1.807, 2.05) is 0 Å². The second-order valence-electron chi connectivity index (χ2n) is 4.57. The maximum absolute atomic E-state index is 12.6. The molecule has 0 spiro atoms. The van der Waals surface area contributed by atoms with Crippen LogP contribution >= 0.6 is 0 Å². The summed E-state index contributed by atoms with van der Waals surface area (Å²) in [7, 11) is -3.65. The Morgan fingerprint density at radius 1 is 1.35 bits per heavy atom. The molecule has 1 saturated heterocycles. The van der Waals surface area contributed by atoms with E-state index in [-0.39, 0.29) is 16.2 Å². The van der Waals surface area contributed by atoms with Gasteiger partial charge in [-0.1, -0.05) is 0 Å². The first-order valence-electron chi connectivity index (χ1n) is 6.53. The van der Waals surface area contributed by atoms with Crippen LogP contribution in [0.2, 0.25) is 0 Å². The van der Waals surface area contributed by atoms with Gasteiger partial charge in [-0.15, -0.1) is 0 Å². The van der Waals surface area contributed by atoms with Gasteiger partial charge in [0.25, 0.3) is 0 Å². The first kappa shape index (κ1) is 14.8. The number of hydrogen-bond acceptors (Lipinski definition) is 4. The molecule has 1 fully saturated rings. The van der Waals surface area contributed by atoms with Gasteiger partial charge in [0.15, 0.2) is 0 Å². The standard InChI is InChI=1S/C13H18N2O4S/c1-2-19-11-6-5-10(13(14)16)9-12(11)20(17,18)15-7-3-4-8-15/h5-6,9H,2-4,7-8H2,1H3,(H2,14,16). The summed E-state index contributed by atoms with van der Waals surface area (Å²) in [6, 6.07) is 4.24. The molecule has 1 aliphatic heterocycles. The molecule has 1 aromatic carbocycles. The van der Waals surface area contributed by atoms with Crippen molar-refractivity contribution in [1.29, 1.82) is 0 Å². The van der Waals surface area contributed by atoms with Crippen LogP contribution in [0.15, 0.2) is 23.1 Å². The molecule has 0 aromatic heterocycles. The monoisotopic (exact) mass is 298 g/mol. The van der Waals surface area contributed by atoms with E-state index in [0.29, 0.717) is 19.7 Å². The van der Waals surface area contributed by atoms with Gasteiger partial charge in [0.1, 0.15) is 10.6 Å². The van der Waals surface area contributed by atoms with Gasteiger partial charge in [-0.2, -0.15) is 4.31 Å². The summed E-state index contributed by atoms with van der Waals surface area (Å²) >= 11 is 0. The molecular formula is C13H18N2O4S. The molecule has 1 amide bonds. The fraction of sp³-hybridized carbons (Fsp3) is 0.462. The molecule has 0 saturated carbocycles. The van der Waals surface area contributed by atoms with Crippen LogP contribution in [0.1, 0.15) is 30.1 Å². The number of ether oxygens (including phenoxy) is 1. The minimum Gasteiger partial charge on any atom is -0.492 e. The minimum absolute atomic E-state index is 0.0116. The highest BCUT2D eigenvalue weighted by Gasteiger charge is 2.30. The van der Waals surface area contributed by atoms with Gasteiger partial charge in [0.05, 0.1) is 6.61 Å². The van der Waals surface area contributed by atoms with Crippen molar-refractivity contribution < 1.29 is 17.9 Å². The number of sulfonamides is 1. The van der Waals surface area contributed by atoms with Crippen molar-refractivity contribution in [2.24, 2.45) is 5.73 Å². The number of carbonyl (C=O) groups is 1. The largest absolute Gasteiger partial charge is 0.492 e.